The van der Waals surface area contributed by atoms with Crippen LogP contribution in [0, 0.1) is 17.2 Å². The molecule has 2 aromatic rings. The summed E-state index contributed by atoms with van der Waals surface area (Å²) in [6, 6.07) is 15.6. The minimum Gasteiger partial charge on any atom is -0.459 e. The molecule has 0 heterocycles. The number of benzene rings is 2. The summed E-state index contributed by atoms with van der Waals surface area (Å²) >= 11 is 0. The average molecular weight is 392 g/mol. The van der Waals surface area contributed by atoms with Crippen LogP contribution in [-0.2, 0) is 21.6 Å². The highest BCUT2D eigenvalue weighted by atomic mass is 16.5. The van der Waals surface area contributed by atoms with Gasteiger partial charge in [0.2, 0.25) is 0 Å². The van der Waals surface area contributed by atoms with E-state index in [2.05, 4.69) is 32.2 Å². The monoisotopic (exact) mass is 392 g/mol. The van der Waals surface area contributed by atoms with Crippen LogP contribution in [0.3, 0.4) is 0 Å². The van der Waals surface area contributed by atoms with E-state index >= 15 is 0 Å². The second-order valence-electron chi connectivity index (χ2n) is 8.40. The molecule has 0 aliphatic heterocycles. The van der Waals surface area contributed by atoms with E-state index in [9.17, 15) is 9.59 Å². The van der Waals surface area contributed by atoms with E-state index in [0.29, 0.717) is 16.7 Å². The van der Waals surface area contributed by atoms with E-state index in [1.165, 1.54) is 0 Å². The number of esters is 1. The molecule has 1 atom stereocenters. The number of nitrogens with one attached hydrogen (secondary N) is 1. The Morgan fingerprint density at radius 3 is 2.24 bits per heavy atom. The van der Waals surface area contributed by atoms with Crippen LogP contribution in [-0.4, -0.2) is 17.9 Å². The molecule has 0 saturated heterocycles. The number of carbonyl (C=O) groups excluding carboxylic acids is 2. The number of hydrogen-bond acceptors (Lipinski definition) is 4. The predicted molar refractivity (Wildman–Crippen MR) is 112 cm³/mol. The van der Waals surface area contributed by atoms with Gasteiger partial charge >= 0.3 is 5.97 Å². The molecule has 0 radical (unpaired) electrons. The van der Waals surface area contributed by atoms with Crippen LogP contribution in [0.1, 0.15) is 61.7 Å². The van der Waals surface area contributed by atoms with Crippen molar-refractivity contribution in [3.63, 3.8) is 0 Å². The van der Waals surface area contributed by atoms with E-state index < -0.39 is 12.0 Å². The van der Waals surface area contributed by atoms with Crippen LogP contribution >= 0.6 is 0 Å². The molecular formula is C24H28N2O3. The molecule has 0 aliphatic rings. The molecule has 0 unspecified atom stereocenters. The van der Waals surface area contributed by atoms with Gasteiger partial charge in [-0.2, -0.15) is 5.26 Å². The molecule has 152 valence electrons. The van der Waals surface area contributed by atoms with E-state index in [-0.39, 0.29) is 23.8 Å². The van der Waals surface area contributed by atoms with Crippen molar-refractivity contribution in [1.29, 1.82) is 5.26 Å². The summed E-state index contributed by atoms with van der Waals surface area (Å²) in [5.74, 6) is -0.988. The Bertz CT molecular complexity index is 903. The number of rotatable bonds is 6. The van der Waals surface area contributed by atoms with Crippen molar-refractivity contribution in [2.75, 3.05) is 0 Å². The first kappa shape index (κ1) is 22.2. The first-order valence-corrected chi connectivity index (χ1v) is 9.69. The van der Waals surface area contributed by atoms with Crippen LogP contribution in [0.2, 0.25) is 0 Å². The first-order valence-electron chi connectivity index (χ1n) is 9.69. The minimum atomic E-state index is -0.779. The normalized spacial score (nSPS) is 12.2. The molecule has 0 saturated carbocycles. The van der Waals surface area contributed by atoms with Crippen molar-refractivity contribution >= 4 is 11.9 Å². The van der Waals surface area contributed by atoms with Crippen molar-refractivity contribution in [2.24, 2.45) is 5.92 Å². The van der Waals surface area contributed by atoms with Crippen LogP contribution < -0.4 is 5.32 Å². The van der Waals surface area contributed by atoms with Gasteiger partial charge in [-0.1, -0.05) is 65.0 Å². The standard InChI is InChI=1S/C24H28N2O3/c1-16(2)21(23(28)29-15-19-9-7-6-8-18(19)14-25)26-22(27)17-10-12-20(13-11-17)24(3,4)5/h6-13,16,21H,15H2,1-5H3,(H,26,27)/t21-/m0/s1. The van der Waals surface area contributed by atoms with Crippen LogP contribution in [0.5, 0.6) is 0 Å². The lowest BCUT2D eigenvalue weighted by atomic mass is 9.86. The molecule has 0 aliphatic carbocycles. The number of carbonyl (C=O) groups is 2. The zero-order valence-corrected chi connectivity index (χ0v) is 17.7. The Balaban J connectivity index is 2.06. The molecule has 0 bridgehead atoms. The minimum absolute atomic E-state index is 0.000994. The molecule has 29 heavy (non-hydrogen) atoms. The Morgan fingerprint density at radius 1 is 1.07 bits per heavy atom. The maximum Gasteiger partial charge on any atom is 0.329 e. The summed E-state index contributed by atoms with van der Waals surface area (Å²) in [6.45, 7) is 10.0. The molecule has 0 fully saturated rings. The molecule has 2 aromatic carbocycles. The number of amides is 1. The molecule has 5 heteroatoms. The quantitative estimate of drug-likeness (QED) is 0.741. The van der Waals surface area contributed by atoms with E-state index in [1.807, 2.05) is 26.0 Å². The zero-order chi connectivity index (χ0) is 21.6. The van der Waals surface area contributed by atoms with Gasteiger partial charge in [0.15, 0.2) is 0 Å². The Hall–Kier alpha value is -3.13. The van der Waals surface area contributed by atoms with E-state index in [1.54, 1.807) is 36.4 Å². The van der Waals surface area contributed by atoms with Crippen molar-refractivity contribution in [1.82, 2.24) is 5.32 Å². The summed E-state index contributed by atoms with van der Waals surface area (Å²) < 4.78 is 5.39. The fourth-order valence-electron chi connectivity index (χ4n) is 2.84. The van der Waals surface area contributed by atoms with Gasteiger partial charge in [-0.15, -0.1) is 0 Å². The smallest absolute Gasteiger partial charge is 0.329 e. The topological polar surface area (TPSA) is 79.2 Å². The fraction of sp³-hybridized carbons (Fsp3) is 0.375. The second-order valence-corrected chi connectivity index (χ2v) is 8.40. The summed E-state index contributed by atoms with van der Waals surface area (Å²) in [6.07, 6.45) is 0. The van der Waals surface area contributed by atoms with Gasteiger partial charge in [0.25, 0.3) is 5.91 Å². The summed E-state index contributed by atoms with van der Waals surface area (Å²) in [5, 5.41) is 11.9. The van der Waals surface area contributed by atoms with Gasteiger partial charge in [0.05, 0.1) is 11.6 Å². The maximum atomic E-state index is 12.6. The highest BCUT2D eigenvalue weighted by Gasteiger charge is 2.26. The lowest BCUT2D eigenvalue weighted by Crippen LogP contribution is -2.45. The van der Waals surface area contributed by atoms with Crippen molar-refractivity contribution in [3.05, 3.63) is 70.8 Å². The highest BCUT2D eigenvalue weighted by Crippen LogP contribution is 2.22. The third-order valence-electron chi connectivity index (χ3n) is 4.73. The fourth-order valence-corrected chi connectivity index (χ4v) is 2.84. The molecule has 2 rings (SSSR count). The Labute approximate surface area is 172 Å². The maximum absolute atomic E-state index is 12.6. The Morgan fingerprint density at radius 2 is 1.69 bits per heavy atom. The summed E-state index contributed by atoms with van der Waals surface area (Å²) in [7, 11) is 0. The predicted octanol–water partition coefficient (Wildman–Crippen LogP) is 4.35. The molecule has 5 nitrogen and oxygen atoms in total. The largest absolute Gasteiger partial charge is 0.459 e. The molecular weight excluding hydrogens is 364 g/mol. The lowest BCUT2D eigenvalue weighted by molar-refractivity contribution is -0.148. The van der Waals surface area contributed by atoms with Gasteiger partial charge in [-0.05, 0) is 35.1 Å². The highest BCUT2D eigenvalue weighted by molar-refractivity contribution is 5.96. The number of hydrogen-bond donors (Lipinski definition) is 1. The molecule has 1 amide bonds. The van der Waals surface area contributed by atoms with Crippen molar-refractivity contribution in [2.45, 2.75) is 52.7 Å². The average Bonchev–Trinajstić information content (AvgIpc) is 2.69. The van der Waals surface area contributed by atoms with Crippen LogP contribution in [0.15, 0.2) is 48.5 Å². The van der Waals surface area contributed by atoms with Gasteiger partial charge in [0, 0.05) is 11.1 Å². The van der Waals surface area contributed by atoms with E-state index in [0.717, 1.165) is 5.56 Å². The third kappa shape index (κ3) is 5.92. The number of ether oxygens (including phenoxy) is 1. The third-order valence-corrected chi connectivity index (χ3v) is 4.73. The molecule has 0 spiro atoms. The van der Waals surface area contributed by atoms with Crippen LogP contribution in [0.4, 0.5) is 0 Å². The van der Waals surface area contributed by atoms with Gasteiger partial charge in [-0.25, -0.2) is 4.79 Å². The van der Waals surface area contributed by atoms with Gasteiger partial charge in [0.1, 0.15) is 12.6 Å². The second kappa shape index (κ2) is 9.38. The van der Waals surface area contributed by atoms with E-state index in [4.69, 9.17) is 10.00 Å². The molecule has 1 N–H and O–H groups in total. The van der Waals surface area contributed by atoms with Crippen molar-refractivity contribution < 1.29 is 14.3 Å². The zero-order valence-electron chi connectivity index (χ0n) is 17.7. The van der Waals surface area contributed by atoms with Crippen LogP contribution in [0.25, 0.3) is 0 Å². The summed E-state index contributed by atoms with van der Waals surface area (Å²) in [4.78, 5) is 25.2. The lowest BCUT2D eigenvalue weighted by Gasteiger charge is -2.22. The first-order chi connectivity index (χ1) is 13.6. The van der Waals surface area contributed by atoms with Crippen molar-refractivity contribution in [3.8, 4) is 6.07 Å². The van der Waals surface area contributed by atoms with Gasteiger partial charge in [-0.3, -0.25) is 4.79 Å². The number of nitriles is 1. The Kier molecular flexibility index (Phi) is 7.17. The summed E-state index contributed by atoms with van der Waals surface area (Å²) in [5.41, 5.74) is 2.72. The SMILES string of the molecule is CC(C)[C@H](NC(=O)c1ccc(C(C)(C)C)cc1)C(=O)OCc1ccccc1C#N. The van der Waals surface area contributed by atoms with Gasteiger partial charge < -0.3 is 10.1 Å². The number of nitrogens with zero attached hydrogens (tertiary/aromatic N) is 1. The molecule has 0 aromatic heterocycles.